The summed E-state index contributed by atoms with van der Waals surface area (Å²) in [5, 5.41) is 0. The molecule has 0 spiro atoms. The van der Waals surface area contributed by atoms with Crippen LogP contribution in [0.25, 0.3) is 0 Å². The number of unbranched alkanes of at least 4 members (excludes halogenated alkanes) is 2. The summed E-state index contributed by atoms with van der Waals surface area (Å²) in [7, 11) is 0. The Hall–Kier alpha value is 1.15. The molecule has 82 valence electrons. The van der Waals surface area contributed by atoms with E-state index >= 15 is 0 Å². The van der Waals surface area contributed by atoms with E-state index in [1.807, 2.05) is 0 Å². The van der Waals surface area contributed by atoms with Gasteiger partial charge in [-0.2, -0.15) is 0 Å². The first-order valence-corrected chi connectivity index (χ1v) is 7.33. The summed E-state index contributed by atoms with van der Waals surface area (Å²) < 4.78 is 10.2. The van der Waals surface area contributed by atoms with E-state index in [-0.39, 0.29) is 19.5 Å². The average Bonchev–Trinajstić information content (AvgIpc) is 2.05. The molecule has 0 unspecified atom stereocenters. The van der Waals surface area contributed by atoms with E-state index in [1.54, 1.807) is 0 Å². The molecule has 0 aliphatic heterocycles. The molecule has 6 heteroatoms. The quantitative estimate of drug-likeness (QED) is 0.424. The third-order valence-electron chi connectivity index (χ3n) is 1.50. The molecule has 0 aromatic carbocycles. The average molecular weight is 292 g/mol. The molecule has 0 aliphatic rings. The van der Waals surface area contributed by atoms with Crippen molar-refractivity contribution in [2.75, 3.05) is 13.2 Å². The van der Waals surface area contributed by atoms with Crippen LogP contribution in [-0.4, -0.2) is 18.1 Å². The van der Waals surface area contributed by atoms with Crippen molar-refractivity contribution in [2.45, 2.75) is 39.5 Å². The van der Waals surface area contributed by atoms with Crippen LogP contribution in [-0.2, 0) is 40.3 Å². The SMILES string of the molecule is CCCCOP(O)(=S)OCCCC.[Zn]. The Balaban J connectivity index is 0. The molecule has 0 bridgehead atoms. The molecule has 0 atom stereocenters. The second-order valence-electron chi connectivity index (χ2n) is 2.84. The third kappa shape index (κ3) is 11.2. The minimum absolute atomic E-state index is 0. The van der Waals surface area contributed by atoms with Gasteiger partial charge in [-0.25, -0.2) is 0 Å². The first-order valence-electron chi connectivity index (χ1n) is 4.74. The second kappa shape index (κ2) is 10.7. The van der Waals surface area contributed by atoms with Crippen molar-refractivity contribution in [1.82, 2.24) is 0 Å². The molecule has 0 saturated heterocycles. The van der Waals surface area contributed by atoms with Crippen molar-refractivity contribution < 1.29 is 33.4 Å². The molecule has 0 aromatic rings. The van der Waals surface area contributed by atoms with Gasteiger partial charge in [0.15, 0.2) is 0 Å². The predicted octanol–water partition coefficient (Wildman–Crippen LogP) is 2.83. The van der Waals surface area contributed by atoms with Crippen LogP contribution < -0.4 is 0 Å². The van der Waals surface area contributed by atoms with E-state index in [0.29, 0.717) is 13.2 Å². The maximum Gasteiger partial charge on any atom is 0.324 e. The summed E-state index contributed by atoms with van der Waals surface area (Å²) in [6.07, 6.45) is 3.89. The number of rotatable bonds is 8. The van der Waals surface area contributed by atoms with Gasteiger partial charge in [0.1, 0.15) is 0 Å². The van der Waals surface area contributed by atoms with Crippen LogP contribution in [0.5, 0.6) is 0 Å². The van der Waals surface area contributed by atoms with Crippen molar-refractivity contribution in [1.29, 1.82) is 0 Å². The molecule has 0 aromatic heterocycles. The van der Waals surface area contributed by atoms with Crippen molar-refractivity contribution in [3.8, 4) is 0 Å². The summed E-state index contributed by atoms with van der Waals surface area (Å²) in [5.41, 5.74) is 0. The van der Waals surface area contributed by atoms with Crippen LogP contribution in [0.3, 0.4) is 0 Å². The zero-order chi connectivity index (χ0) is 10.2. The predicted molar refractivity (Wildman–Crippen MR) is 58.2 cm³/mol. The fourth-order valence-electron chi connectivity index (χ4n) is 0.686. The largest absolute Gasteiger partial charge is 0.324 e. The van der Waals surface area contributed by atoms with E-state index in [2.05, 4.69) is 13.8 Å². The first kappa shape index (κ1) is 17.5. The Kier molecular flexibility index (Phi) is 13.4. The van der Waals surface area contributed by atoms with Gasteiger partial charge in [-0.15, -0.1) is 0 Å². The van der Waals surface area contributed by atoms with Crippen LogP contribution in [0, 0.1) is 0 Å². The minimum Gasteiger partial charge on any atom is -0.324 e. The fourth-order valence-corrected chi connectivity index (χ4v) is 1.93. The van der Waals surface area contributed by atoms with Crippen LogP contribution >= 0.6 is 6.72 Å². The zero-order valence-corrected chi connectivity index (χ0v) is 13.7. The molecule has 0 aliphatic carbocycles. The molecule has 0 rings (SSSR count). The van der Waals surface area contributed by atoms with E-state index < -0.39 is 6.72 Å². The Labute approximate surface area is 105 Å². The van der Waals surface area contributed by atoms with Gasteiger partial charge in [0, 0.05) is 19.5 Å². The second-order valence-corrected chi connectivity index (χ2v) is 5.68. The summed E-state index contributed by atoms with van der Waals surface area (Å²) in [6, 6.07) is 0. The van der Waals surface area contributed by atoms with Gasteiger partial charge in [-0.05, 0) is 24.6 Å². The van der Waals surface area contributed by atoms with Gasteiger partial charge in [0.25, 0.3) is 0 Å². The monoisotopic (exact) mass is 290 g/mol. The van der Waals surface area contributed by atoms with Crippen LogP contribution in [0.2, 0.25) is 0 Å². The van der Waals surface area contributed by atoms with Crippen LogP contribution in [0.15, 0.2) is 0 Å². The molecule has 0 amide bonds. The molecule has 1 N–H and O–H groups in total. The van der Waals surface area contributed by atoms with Gasteiger partial charge in [0.05, 0.1) is 13.2 Å². The Bertz CT molecular complexity index is 155. The van der Waals surface area contributed by atoms with Gasteiger partial charge < -0.3 is 13.9 Å². The van der Waals surface area contributed by atoms with E-state index in [9.17, 15) is 4.89 Å². The Morgan fingerprint density at radius 3 is 1.71 bits per heavy atom. The first-order chi connectivity index (χ1) is 6.12. The summed E-state index contributed by atoms with van der Waals surface area (Å²) in [5.74, 6) is 0. The van der Waals surface area contributed by atoms with Crippen molar-refractivity contribution >= 4 is 18.5 Å². The third-order valence-corrected chi connectivity index (χ3v) is 3.15. The Morgan fingerprint density at radius 1 is 1.07 bits per heavy atom. The molecule has 14 heavy (non-hydrogen) atoms. The molecular formula is C8H19O3PSZn. The fraction of sp³-hybridized carbons (Fsp3) is 1.00. The van der Waals surface area contributed by atoms with Crippen molar-refractivity contribution in [2.24, 2.45) is 0 Å². The van der Waals surface area contributed by atoms with Crippen molar-refractivity contribution in [3.63, 3.8) is 0 Å². The minimum atomic E-state index is -2.92. The maximum absolute atomic E-state index is 9.45. The smallest absolute Gasteiger partial charge is 0.324 e. The molecule has 3 nitrogen and oxygen atoms in total. The summed E-state index contributed by atoms with van der Waals surface area (Å²) in [4.78, 5) is 9.45. The molecule has 0 heterocycles. The molecule has 0 saturated carbocycles. The number of hydrogen-bond acceptors (Lipinski definition) is 3. The van der Waals surface area contributed by atoms with E-state index in [0.717, 1.165) is 25.7 Å². The van der Waals surface area contributed by atoms with Crippen LogP contribution in [0.1, 0.15) is 39.5 Å². The van der Waals surface area contributed by atoms with Crippen molar-refractivity contribution in [3.05, 3.63) is 0 Å². The normalized spacial score (nSPS) is 11.1. The number of hydrogen-bond donors (Lipinski definition) is 1. The topological polar surface area (TPSA) is 38.7 Å². The van der Waals surface area contributed by atoms with Gasteiger partial charge >= 0.3 is 6.72 Å². The summed E-state index contributed by atoms with van der Waals surface area (Å²) in [6.45, 7) is 2.19. The zero-order valence-electron chi connectivity index (χ0n) is 9.07. The molecule has 0 fully saturated rings. The van der Waals surface area contributed by atoms with Crippen LogP contribution in [0.4, 0.5) is 0 Å². The van der Waals surface area contributed by atoms with Gasteiger partial charge in [-0.1, -0.05) is 26.7 Å². The molecular weight excluding hydrogens is 273 g/mol. The molecule has 0 radical (unpaired) electrons. The van der Waals surface area contributed by atoms with E-state index in [1.165, 1.54) is 0 Å². The van der Waals surface area contributed by atoms with Gasteiger partial charge in [0.2, 0.25) is 0 Å². The standard InChI is InChI=1S/C8H19O3PS.Zn/c1-3-5-7-10-12(9,13)11-8-6-4-2;/h3-8H2,1-2H3,(H,9,13);. The van der Waals surface area contributed by atoms with Gasteiger partial charge in [-0.3, -0.25) is 0 Å². The Morgan fingerprint density at radius 2 is 1.43 bits per heavy atom. The maximum atomic E-state index is 9.45. The van der Waals surface area contributed by atoms with E-state index in [4.69, 9.17) is 20.9 Å². The summed E-state index contributed by atoms with van der Waals surface area (Å²) >= 11 is 4.79.